The summed E-state index contributed by atoms with van der Waals surface area (Å²) < 4.78 is 0. The van der Waals surface area contributed by atoms with Gasteiger partial charge >= 0.3 is 6.03 Å². The number of amides is 2. The zero-order chi connectivity index (χ0) is 14.5. The molecule has 0 saturated heterocycles. The fourth-order valence-electron chi connectivity index (χ4n) is 2.36. The van der Waals surface area contributed by atoms with Crippen molar-refractivity contribution in [2.75, 3.05) is 6.26 Å². The van der Waals surface area contributed by atoms with Crippen molar-refractivity contribution in [3.8, 4) is 0 Å². The number of thiazole rings is 1. The summed E-state index contributed by atoms with van der Waals surface area (Å²) in [6, 6.07) is 0.255. The van der Waals surface area contributed by atoms with E-state index in [4.69, 9.17) is 0 Å². The van der Waals surface area contributed by atoms with E-state index in [0.717, 1.165) is 23.5 Å². The summed E-state index contributed by atoms with van der Waals surface area (Å²) in [5, 5.41) is 9.80. The topological polar surface area (TPSA) is 54.0 Å². The molecule has 2 N–H and O–H groups in total. The highest BCUT2D eigenvalue weighted by molar-refractivity contribution is 7.99. The van der Waals surface area contributed by atoms with E-state index in [2.05, 4.69) is 35.7 Å². The van der Waals surface area contributed by atoms with E-state index in [0.29, 0.717) is 23.8 Å². The lowest BCUT2D eigenvalue weighted by Crippen LogP contribution is -2.40. The molecule has 112 valence electrons. The van der Waals surface area contributed by atoms with Crippen LogP contribution in [0.25, 0.3) is 0 Å². The van der Waals surface area contributed by atoms with E-state index in [1.807, 2.05) is 17.1 Å². The third-order valence-electron chi connectivity index (χ3n) is 3.55. The molecule has 2 atom stereocenters. The van der Waals surface area contributed by atoms with Gasteiger partial charge in [0.2, 0.25) is 0 Å². The van der Waals surface area contributed by atoms with Crippen molar-refractivity contribution < 1.29 is 4.79 Å². The van der Waals surface area contributed by atoms with Gasteiger partial charge in [0.15, 0.2) is 0 Å². The van der Waals surface area contributed by atoms with E-state index in [1.54, 1.807) is 11.3 Å². The Hall–Kier alpha value is -0.750. The molecule has 2 amide bonds. The number of hydrogen-bond acceptors (Lipinski definition) is 4. The monoisotopic (exact) mass is 313 g/mol. The van der Waals surface area contributed by atoms with Crippen LogP contribution in [0, 0.1) is 0 Å². The Balaban J connectivity index is 1.72. The Morgan fingerprint density at radius 3 is 2.95 bits per heavy atom. The summed E-state index contributed by atoms with van der Waals surface area (Å²) in [6.07, 6.45) is 5.52. The Kier molecular flexibility index (Phi) is 5.72. The molecule has 1 fully saturated rings. The van der Waals surface area contributed by atoms with Gasteiger partial charge in [-0.25, -0.2) is 9.78 Å². The zero-order valence-electron chi connectivity index (χ0n) is 12.3. The van der Waals surface area contributed by atoms with Crippen molar-refractivity contribution in [2.24, 2.45) is 0 Å². The summed E-state index contributed by atoms with van der Waals surface area (Å²) >= 11 is 3.56. The molecule has 1 aromatic heterocycles. The minimum atomic E-state index is -0.0733. The van der Waals surface area contributed by atoms with Crippen LogP contribution in [0.15, 0.2) is 5.38 Å². The normalized spacial score (nSPS) is 22.2. The van der Waals surface area contributed by atoms with E-state index in [-0.39, 0.29) is 6.03 Å². The van der Waals surface area contributed by atoms with Crippen molar-refractivity contribution in [1.82, 2.24) is 15.6 Å². The lowest BCUT2D eigenvalue weighted by atomic mass is 10.2. The second kappa shape index (κ2) is 7.31. The summed E-state index contributed by atoms with van der Waals surface area (Å²) in [6.45, 7) is 4.77. The lowest BCUT2D eigenvalue weighted by molar-refractivity contribution is 0.236. The van der Waals surface area contributed by atoms with Gasteiger partial charge in [-0.2, -0.15) is 11.8 Å². The molecule has 0 spiro atoms. The van der Waals surface area contributed by atoms with Crippen LogP contribution in [0.3, 0.4) is 0 Å². The van der Waals surface area contributed by atoms with Crippen molar-refractivity contribution in [1.29, 1.82) is 0 Å². The van der Waals surface area contributed by atoms with Crippen LogP contribution < -0.4 is 10.6 Å². The molecule has 0 bridgehead atoms. The molecular weight excluding hydrogens is 290 g/mol. The molecule has 0 unspecified atom stereocenters. The van der Waals surface area contributed by atoms with Gasteiger partial charge in [0.05, 0.1) is 17.2 Å². The smallest absolute Gasteiger partial charge is 0.315 e. The Bertz CT molecular complexity index is 447. The Morgan fingerprint density at radius 2 is 2.35 bits per heavy atom. The van der Waals surface area contributed by atoms with Gasteiger partial charge in [-0.1, -0.05) is 13.8 Å². The van der Waals surface area contributed by atoms with Crippen LogP contribution in [0.1, 0.15) is 49.7 Å². The predicted octanol–water partition coefficient (Wildman–Crippen LogP) is 3.35. The predicted molar refractivity (Wildman–Crippen MR) is 86.5 cm³/mol. The maximum absolute atomic E-state index is 11.9. The molecule has 0 aromatic carbocycles. The van der Waals surface area contributed by atoms with E-state index in [9.17, 15) is 4.79 Å². The van der Waals surface area contributed by atoms with Crippen LogP contribution in [0.5, 0.6) is 0 Å². The highest BCUT2D eigenvalue weighted by atomic mass is 32.2. The van der Waals surface area contributed by atoms with Crippen LogP contribution in [-0.4, -0.2) is 28.6 Å². The van der Waals surface area contributed by atoms with Crippen LogP contribution >= 0.6 is 23.1 Å². The minimum absolute atomic E-state index is 0.0733. The van der Waals surface area contributed by atoms with Gasteiger partial charge in [0.25, 0.3) is 0 Å². The number of urea groups is 1. The van der Waals surface area contributed by atoms with E-state index >= 15 is 0 Å². The molecule has 1 aliphatic rings. The van der Waals surface area contributed by atoms with Crippen LogP contribution in [-0.2, 0) is 6.54 Å². The number of nitrogens with one attached hydrogen (secondary N) is 2. The quantitative estimate of drug-likeness (QED) is 0.876. The first-order chi connectivity index (χ1) is 9.58. The van der Waals surface area contributed by atoms with Gasteiger partial charge in [0.1, 0.15) is 0 Å². The highest BCUT2D eigenvalue weighted by Crippen LogP contribution is 2.28. The number of aromatic nitrogens is 1. The molecule has 4 nitrogen and oxygen atoms in total. The van der Waals surface area contributed by atoms with Crippen molar-refractivity contribution >= 4 is 29.1 Å². The van der Waals surface area contributed by atoms with Crippen LogP contribution in [0.2, 0.25) is 0 Å². The van der Waals surface area contributed by atoms with E-state index < -0.39 is 0 Å². The molecule has 2 rings (SSSR count). The second-order valence-corrected chi connectivity index (χ2v) is 7.55. The van der Waals surface area contributed by atoms with Gasteiger partial charge in [-0.05, 0) is 25.5 Å². The first-order valence-electron chi connectivity index (χ1n) is 7.10. The molecule has 0 radical (unpaired) electrons. The second-order valence-electron chi connectivity index (χ2n) is 5.53. The van der Waals surface area contributed by atoms with Gasteiger partial charge in [-0.15, -0.1) is 11.3 Å². The Morgan fingerprint density at radius 1 is 1.55 bits per heavy atom. The molecule has 1 aliphatic carbocycles. The largest absolute Gasteiger partial charge is 0.335 e. The minimum Gasteiger partial charge on any atom is -0.335 e. The fourth-order valence-corrected chi connectivity index (χ4v) is 3.99. The number of hydrogen-bond donors (Lipinski definition) is 2. The van der Waals surface area contributed by atoms with Crippen molar-refractivity contribution in [3.63, 3.8) is 0 Å². The number of carbonyl (C=O) groups excluding carboxylic acids is 1. The molecule has 20 heavy (non-hydrogen) atoms. The number of carbonyl (C=O) groups is 1. The average Bonchev–Trinajstić information content (AvgIpc) is 3.05. The third kappa shape index (κ3) is 4.38. The standard InChI is InChI=1S/C14H23N3OS2/c1-9(2)13-16-11(8-20-13)7-15-14(18)17-10-4-5-12(6-10)19-3/h8-10,12H,4-7H2,1-3H3,(H2,15,17,18)/t10-,12-/m0/s1. The van der Waals surface area contributed by atoms with Crippen LogP contribution in [0.4, 0.5) is 4.79 Å². The number of nitrogens with zero attached hydrogens (tertiary/aromatic N) is 1. The number of rotatable bonds is 5. The van der Waals surface area contributed by atoms with Crippen molar-refractivity contribution in [3.05, 3.63) is 16.1 Å². The Labute approximate surface area is 129 Å². The fraction of sp³-hybridized carbons (Fsp3) is 0.714. The number of thioether (sulfide) groups is 1. The molecular formula is C14H23N3OS2. The molecule has 6 heteroatoms. The highest BCUT2D eigenvalue weighted by Gasteiger charge is 2.24. The maximum atomic E-state index is 11.9. The molecule has 1 heterocycles. The SMILES string of the molecule is CS[C@H]1CC[C@H](NC(=O)NCc2csc(C(C)C)n2)C1. The first kappa shape index (κ1) is 15.6. The summed E-state index contributed by atoms with van der Waals surface area (Å²) in [7, 11) is 0. The van der Waals surface area contributed by atoms with Crippen molar-refractivity contribution in [2.45, 2.75) is 56.9 Å². The van der Waals surface area contributed by atoms with Gasteiger partial charge in [-0.3, -0.25) is 0 Å². The molecule has 1 saturated carbocycles. The summed E-state index contributed by atoms with van der Waals surface area (Å²) in [5.74, 6) is 0.449. The lowest BCUT2D eigenvalue weighted by Gasteiger charge is -2.13. The van der Waals surface area contributed by atoms with Gasteiger partial charge < -0.3 is 10.6 Å². The maximum Gasteiger partial charge on any atom is 0.315 e. The van der Waals surface area contributed by atoms with E-state index in [1.165, 1.54) is 6.42 Å². The molecule has 0 aliphatic heterocycles. The average molecular weight is 313 g/mol. The summed E-state index contributed by atoms with van der Waals surface area (Å²) in [4.78, 5) is 16.4. The zero-order valence-corrected chi connectivity index (χ0v) is 13.9. The third-order valence-corrected chi connectivity index (χ3v) is 5.84. The van der Waals surface area contributed by atoms with Gasteiger partial charge in [0, 0.05) is 22.6 Å². The summed E-state index contributed by atoms with van der Waals surface area (Å²) in [5.41, 5.74) is 0.947. The molecule has 1 aromatic rings. The first-order valence-corrected chi connectivity index (χ1v) is 9.26.